The Morgan fingerprint density at radius 3 is 2.42 bits per heavy atom. The van der Waals surface area contributed by atoms with Crippen molar-refractivity contribution in [3.63, 3.8) is 0 Å². The van der Waals surface area contributed by atoms with E-state index in [4.69, 9.17) is 27.9 Å². The molecular weight excluding hydrogens is 447 g/mol. The molecule has 0 fully saturated rings. The van der Waals surface area contributed by atoms with Crippen LogP contribution in [0.1, 0.15) is 27.7 Å². The van der Waals surface area contributed by atoms with Gasteiger partial charge >= 0.3 is 5.97 Å². The summed E-state index contributed by atoms with van der Waals surface area (Å²) in [6.07, 6.45) is -1.34. The number of hydrogen-bond donors (Lipinski definition) is 1. The van der Waals surface area contributed by atoms with Crippen LogP contribution in [-0.2, 0) is 16.6 Å². The third-order valence-corrected chi connectivity index (χ3v) is 5.09. The molecule has 1 unspecified atom stereocenters. The molecule has 1 amide bonds. The van der Waals surface area contributed by atoms with E-state index in [1.54, 1.807) is 44.3 Å². The summed E-state index contributed by atoms with van der Waals surface area (Å²) in [7, 11) is 1.57. The number of amides is 1. The molecule has 31 heavy (non-hydrogen) atoms. The molecule has 9 nitrogen and oxygen atoms in total. The van der Waals surface area contributed by atoms with Gasteiger partial charge < -0.3 is 10.1 Å². The quantitative estimate of drug-likeness (QED) is 0.327. The van der Waals surface area contributed by atoms with Crippen LogP contribution in [0.4, 0.5) is 11.4 Å². The van der Waals surface area contributed by atoms with E-state index in [0.717, 1.165) is 6.07 Å². The number of nitrogens with one attached hydrogen (secondary N) is 1. The number of halogens is 2. The number of nitro groups is 1. The average Bonchev–Trinajstić information content (AvgIpc) is 2.99. The molecule has 0 aliphatic carbocycles. The standard InChI is InChI=1S/C20H16Cl2N4O5/c1-11-16(18(22)25(2)24-11)20(28)31-17(12-6-4-3-5-7-12)19(27)23-15-9-8-13(26(29)30)10-14(15)21/h3-10,17H,1-2H3,(H,23,27). The smallest absolute Gasteiger partial charge is 0.344 e. The lowest BCUT2D eigenvalue weighted by molar-refractivity contribution is -0.384. The summed E-state index contributed by atoms with van der Waals surface area (Å²) in [6.45, 7) is 1.59. The fraction of sp³-hybridized carbons (Fsp3) is 0.150. The van der Waals surface area contributed by atoms with Gasteiger partial charge in [0.15, 0.2) is 0 Å². The summed E-state index contributed by atoms with van der Waals surface area (Å²) >= 11 is 12.2. The Bertz CT molecular complexity index is 1160. The zero-order valence-corrected chi connectivity index (χ0v) is 17.8. The van der Waals surface area contributed by atoms with E-state index in [9.17, 15) is 19.7 Å². The van der Waals surface area contributed by atoms with Gasteiger partial charge in [0.05, 0.1) is 21.3 Å². The molecule has 0 saturated carbocycles. The van der Waals surface area contributed by atoms with Crippen molar-refractivity contribution in [2.45, 2.75) is 13.0 Å². The minimum absolute atomic E-state index is 0.0353. The van der Waals surface area contributed by atoms with Crippen LogP contribution in [0.2, 0.25) is 10.2 Å². The van der Waals surface area contributed by atoms with E-state index >= 15 is 0 Å². The number of carbonyl (C=O) groups excluding carboxylic acids is 2. The Kier molecular flexibility index (Phi) is 6.57. The fourth-order valence-electron chi connectivity index (χ4n) is 2.85. The van der Waals surface area contributed by atoms with Crippen LogP contribution in [0, 0.1) is 17.0 Å². The fourth-order valence-corrected chi connectivity index (χ4v) is 3.32. The number of anilines is 1. The molecule has 1 atom stereocenters. The molecule has 11 heteroatoms. The van der Waals surface area contributed by atoms with Crippen LogP contribution >= 0.6 is 23.2 Å². The van der Waals surface area contributed by atoms with Gasteiger partial charge in [-0.05, 0) is 13.0 Å². The zero-order valence-electron chi connectivity index (χ0n) is 16.3. The van der Waals surface area contributed by atoms with Crippen molar-refractivity contribution in [2.24, 2.45) is 7.05 Å². The number of benzene rings is 2. The molecule has 1 N–H and O–H groups in total. The Hall–Kier alpha value is -3.43. The molecule has 0 aliphatic heterocycles. The SMILES string of the molecule is Cc1nn(C)c(Cl)c1C(=O)OC(C(=O)Nc1ccc([N+](=O)[O-])cc1Cl)c1ccccc1. The predicted molar refractivity (Wildman–Crippen MR) is 114 cm³/mol. The van der Waals surface area contributed by atoms with Crippen LogP contribution in [0.5, 0.6) is 0 Å². The third kappa shape index (κ3) is 4.84. The van der Waals surface area contributed by atoms with Crippen LogP contribution in [0.15, 0.2) is 48.5 Å². The van der Waals surface area contributed by atoms with E-state index in [1.807, 2.05) is 0 Å². The Morgan fingerprint density at radius 2 is 1.87 bits per heavy atom. The number of esters is 1. The van der Waals surface area contributed by atoms with Gasteiger partial charge in [0.2, 0.25) is 6.10 Å². The summed E-state index contributed by atoms with van der Waals surface area (Å²) in [4.78, 5) is 36.0. The van der Waals surface area contributed by atoms with Crippen molar-refractivity contribution in [3.05, 3.63) is 85.6 Å². The number of rotatable bonds is 6. The number of aromatic nitrogens is 2. The second-order valence-corrected chi connectivity index (χ2v) is 7.25. The first-order valence-electron chi connectivity index (χ1n) is 8.89. The lowest BCUT2D eigenvalue weighted by Gasteiger charge is -2.18. The predicted octanol–water partition coefficient (Wildman–Crippen LogP) is 4.48. The highest BCUT2D eigenvalue weighted by Crippen LogP contribution is 2.29. The number of nitrogens with zero attached hydrogens (tertiary/aromatic N) is 3. The summed E-state index contributed by atoms with van der Waals surface area (Å²) in [6, 6.07) is 12.0. The van der Waals surface area contributed by atoms with Crippen molar-refractivity contribution in [1.82, 2.24) is 9.78 Å². The highest BCUT2D eigenvalue weighted by Gasteiger charge is 2.29. The molecule has 0 radical (unpaired) electrons. The third-order valence-electron chi connectivity index (χ3n) is 4.34. The second kappa shape index (κ2) is 9.15. The van der Waals surface area contributed by atoms with Crippen molar-refractivity contribution in [3.8, 4) is 0 Å². The molecule has 0 aliphatic rings. The molecule has 1 aromatic heterocycles. The van der Waals surface area contributed by atoms with Gasteiger partial charge in [0, 0.05) is 24.7 Å². The van der Waals surface area contributed by atoms with Crippen molar-refractivity contribution in [2.75, 3.05) is 5.32 Å². The molecule has 160 valence electrons. The van der Waals surface area contributed by atoms with Gasteiger partial charge in [0.1, 0.15) is 10.7 Å². The Labute approximate surface area is 186 Å². The van der Waals surface area contributed by atoms with Crippen molar-refractivity contribution < 1.29 is 19.2 Å². The lowest BCUT2D eigenvalue weighted by Crippen LogP contribution is -2.26. The maximum Gasteiger partial charge on any atom is 0.344 e. The number of nitro benzene ring substituents is 1. The Balaban J connectivity index is 1.90. The van der Waals surface area contributed by atoms with Gasteiger partial charge in [-0.1, -0.05) is 53.5 Å². The van der Waals surface area contributed by atoms with Gasteiger partial charge in [-0.2, -0.15) is 5.10 Å². The van der Waals surface area contributed by atoms with Crippen LogP contribution in [0.25, 0.3) is 0 Å². The van der Waals surface area contributed by atoms with E-state index in [1.165, 1.54) is 16.8 Å². The highest BCUT2D eigenvalue weighted by atomic mass is 35.5. The number of aryl methyl sites for hydroxylation is 2. The summed E-state index contributed by atoms with van der Waals surface area (Å²) in [5.41, 5.74) is 0.707. The number of non-ortho nitro benzene ring substituents is 1. The minimum atomic E-state index is -1.34. The van der Waals surface area contributed by atoms with Crippen LogP contribution in [0.3, 0.4) is 0 Å². The van der Waals surface area contributed by atoms with Gasteiger partial charge in [0.25, 0.3) is 11.6 Å². The number of ether oxygens (including phenoxy) is 1. The zero-order chi connectivity index (χ0) is 22.7. The molecule has 1 heterocycles. The number of carbonyl (C=O) groups is 2. The van der Waals surface area contributed by atoms with Gasteiger partial charge in [-0.25, -0.2) is 4.79 Å². The second-order valence-electron chi connectivity index (χ2n) is 6.48. The minimum Gasteiger partial charge on any atom is -0.444 e. The monoisotopic (exact) mass is 462 g/mol. The van der Waals surface area contributed by atoms with E-state index in [-0.39, 0.29) is 27.1 Å². The molecule has 0 spiro atoms. The summed E-state index contributed by atoms with van der Waals surface area (Å²) in [5, 5.41) is 17.5. The van der Waals surface area contributed by atoms with Crippen LogP contribution < -0.4 is 5.32 Å². The van der Waals surface area contributed by atoms with E-state index < -0.39 is 22.9 Å². The van der Waals surface area contributed by atoms with Crippen molar-refractivity contribution in [1.29, 1.82) is 0 Å². The van der Waals surface area contributed by atoms with Gasteiger partial charge in [-0.3, -0.25) is 19.6 Å². The average molecular weight is 463 g/mol. The summed E-state index contributed by atoms with van der Waals surface area (Å²) in [5.74, 6) is -1.53. The van der Waals surface area contributed by atoms with Gasteiger partial charge in [-0.15, -0.1) is 0 Å². The maximum atomic E-state index is 13.0. The molecule has 0 bridgehead atoms. The van der Waals surface area contributed by atoms with Crippen LogP contribution in [-0.4, -0.2) is 26.6 Å². The first-order valence-corrected chi connectivity index (χ1v) is 9.64. The largest absolute Gasteiger partial charge is 0.444 e. The molecule has 3 rings (SSSR count). The first-order chi connectivity index (χ1) is 14.7. The lowest BCUT2D eigenvalue weighted by atomic mass is 10.1. The molecule has 2 aromatic carbocycles. The molecule has 0 saturated heterocycles. The Morgan fingerprint density at radius 1 is 1.19 bits per heavy atom. The normalized spacial score (nSPS) is 11.6. The highest BCUT2D eigenvalue weighted by molar-refractivity contribution is 6.34. The number of hydrogen-bond acceptors (Lipinski definition) is 6. The van der Waals surface area contributed by atoms with E-state index in [2.05, 4.69) is 10.4 Å². The van der Waals surface area contributed by atoms with E-state index in [0.29, 0.717) is 11.3 Å². The molecule has 3 aromatic rings. The summed E-state index contributed by atoms with van der Waals surface area (Å²) < 4.78 is 6.81. The topological polar surface area (TPSA) is 116 Å². The molecular formula is C20H16Cl2N4O5. The first kappa shape index (κ1) is 22.3. The maximum absolute atomic E-state index is 13.0. The van der Waals surface area contributed by atoms with Crippen molar-refractivity contribution >= 4 is 46.5 Å².